The SMILES string of the molecule is COC(=O)OC1CCNC2CCCCC21. The number of ether oxygens (including phenoxy) is 2. The Labute approximate surface area is 90.3 Å². The van der Waals surface area contributed by atoms with E-state index in [-0.39, 0.29) is 6.10 Å². The normalized spacial score (nSPS) is 35.4. The lowest BCUT2D eigenvalue weighted by molar-refractivity contribution is -0.0203. The monoisotopic (exact) mass is 213 g/mol. The Morgan fingerprint density at radius 3 is 2.87 bits per heavy atom. The summed E-state index contributed by atoms with van der Waals surface area (Å²) in [5, 5.41) is 3.51. The smallest absolute Gasteiger partial charge is 0.438 e. The molecule has 1 aliphatic carbocycles. The molecule has 1 N–H and O–H groups in total. The molecule has 1 saturated heterocycles. The maximum Gasteiger partial charge on any atom is 0.508 e. The molecular weight excluding hydrogens is 194 g/mol. The number of fused-ring (bicyclic) bond motifs is 1. The van der Waals surface area contributed by atoms with Gasteiger partial charge >= 0.3 is 6.16 Å². The van der Waals surface area contributed by atoms with Gasteiger partial charge in [-0.05, 0) is 25.8 Å². The molecule has 1 saturated carbocycles. The fourth-order valence-corrected chi connectivity index (χ4v) is 2.80. The van der Waals surface area contributed by atoms with E-state index in [1.54, 1.807) is 0 Å². The summed E-state index contributed by atoms with van der Waals surface area (Å²) in [6, 6.07) is 0.544. The van der Waals surface area contributed by atoms with Gasteiger partial charge < -0.3 is 14.8 Å². The largest absolute Gasteiger partial charge is 0.508 e. The predicted octanol–water partition coefficient (Wildman–Crippen LogP) is 1.69. The highest BCUT2D eigenvalue weighted by molar-refractivity contribution is 5.59. The summed E-state index contributed by atoms with van der Waals surface area (Å²) in [6.45, 7) is 0.947. The molecule has 2 rings (SSSR count). The molecule has 0 spiro atoms. The lowest BCUT2D eigenvalue weighted by Gasteiger charge is -2.40. The van der Waals surface area contributed by atoms with Crippen molar-refractivity contribution in [1.82, 2.24) is 5.32 Å². The summed E-state index contributed by atoms with van der Waals surface area (Å²) in [6.07, 6.45) is 5.36. The van der Waals surface area contributed by atoms with Gasteiger partial charge in [0, 0.05) is 12.0 Å². The number of methoxy groups -OCH3 is 1. The van der Waals surface area contributed by atoms with E-state index in [1.165, 1.54) is 32.8 Å². The summed E-state index contributed by atoms with van der Waals surface area (Å²) in [5.74, 6) is 0.492. The van der Waals surface area contributed by atoms with Crippen LogP contribution < -0.4 is 5.32 Å². The van der Waals surface area contributed by atoms with E-state index in [0.717, 1.165) is 13.0 Å². The van der Waals surface area contributed by atoms with Crippen LogP contribution in [-0.4, -0.2) is 32.0 Å². The highest BCUT2D eigenvalue weighted by Crippen LogP contribution is 2.32. The van der Waals surface area contributed by atoms with Crippen molar-refractivity contribution in [2.75, 3.05) is 13.7 Å². The van der Waals surface area contributed by atoms with Crippen LogP contribution in [0.3, 0.4) is 0 Å². The molecule has 2 fully saturated rings. The summed E-state index contributed by atoms with van der Waals surface area (Å²) in [4.78, 5) is 11.1. The molecule has 15 heavy (non-hydrogen) atoms. The zero-order valence-electron chi connectivity index (χ0n) is 9.20. The molecule has 1 heterocycles. The molecule has 3 atom stereocenters. The van der Waals surface area contributed by atoms with Gasteiger partial charge in [0.25, 0.3) is 0 Å². The first-order valence-electron chi connectivity index (χ1n) is 5.79. The first kappa shape index (κ1) is 10.7. The minimum atomic E-state index is -0.536. The van der Waals surface area contributed by atoms with Crippen LogP contribution in [0.25, 0.3) is 0 Å². The Kier molecular flexibility index (Phi) is 3.46. The molecule has 1 aliphatic heterocycles. The maximum atomic E-state index is 11.1. The third-order valence-corrected chi connectivity index (χ3v) is 3.55. The molecule has 0 amide bonds. The van der Waals surface area contributed by atoms with E-state index in [4.69, 9.17) is 4.74 Å². The second-order valence-electron chi connectivity index (χ2n) is 4.41. The van der Waals surface area contributed by atoms with E-state index in [1.807, 2.05) is 0 Å². The van der Waals surface area contributed by atoms with E-state index < -0.39 is 6.16 Å². The van der Waals surface area contributed by atoms with Gasteiger partial charge in [-0.1, -0.05) is 12.8 Å². The average molecular weight is 213 g/mol. The third kappa shape index (κ3) is 2.43. The molecule has 4 nitrogen and oxygen atoms in total. The van der Waals surface area contributed by atoms with Crippen LogP contribution in [-0.2, 0) is 9.47 Å². The minimum Gasteiger partial charge on any atom is -0.438 e. The van der Waals surface area contributed by atoms with Gasteiger partial charge in [-0.2, -0.15) is 0 Å². The van der Waals surface area contributed by atoms with Gasteiger partial charge in [0.2, 0.25) is 0 Å². The maximum absolute atomic E-state index is 11.1. The number of piperidine rings is 1. The highest BCUT2D eigenvalue weighted by Gasteiger charge is 2.36. The van der Waals surface area contributed by atoms with E-state index in [2.05, 4.69) is 10.1 Å². The van der Waals surface area contributed by atoms with Crippen LogP contribution >= 0.6 is 0 Å². The number of carbonyl (C=O) groups excluding carboxylic acids is 1. The van der Waals surface area contributed by atoms with E-state index in [0.29, 0.717) is 12.0 Å². The molecule has 0 aromatic heterocycles. The average Bonchev–Trinajstić information content (AvgIpc) is 2.29. The molecule has 4 heteroatoms. The Morgan fingerprint density at radius 1 is 1.27 bits per heavy atom. The number of hydrogen-bond donors (Lipinski definition) is 1. The Hall–Kier alpha value is -0.770. The predicted molar refractivity (Wildman–Crippen MR) is 55.6 cm³/mol. The van der Waals surface area contributed by atoms with Crippen molar-refractivity contribution in [3.05, 3.63) is 0 Å². The quantitative estimate of drug-likeness (QED) is 0.673. The first-order chi connectivity index (χ1) is 7.31. The molecule has 86 valence electrons. The van der Waals surface area contributed by atoms with Gasteiger partial charge in [-0.3, -0.25) is 0 Å². The number of carbonyl (C=O) groups is 1. The van der Waals surface area contributed by atoms with Crippen molar-refractivity contribution in [1.29, 1.82) is 0 Å². The molecule has 0 aromatic rings. The van der Waals surface area contributed by atoms with Crippen LogP contribution in [0.2, 0.25) is 0 Å². The number of rotatable bonds is 1. The Bertz CT molecular complexity index is 230. The van der Waals surface area contributed by atoms with Gasteiger partial charge in [0.15, 0.2) is 0 Å². The van der Waals surface area contributed by atoms with Gasteiger partial charge in [0.05, 0.1) is 7.11 Å². The van der Waals surface area contributed by atoms with Crippen molar-refractivity contribution < 1.29 is 14.3 Å². The van der Waals surface area contributed by atoms with Gasteiger partial charge in [0.1, 0.15) is 6.10 Å². The molecular formula is C11H19NO3. The topological polar surface area (TPSA) is 47.6 Å². The van der Waals surface area contributed by atoms with Crippen molar-refractivity contribution in [2.24, 2.45) is 5.92 Å². The van der Waals surface area contributed by atoms with E-state index in [9.17, 15) is 4.79 Å². The fraction of sp³-hybridized carbons (Fsp3) is 0.909. The van der Waals surface area contributed by atoms with Gasteiger partial charge in [-0.25, -0.2) is 4.79 Å². The van der Waals surface area contributed by atoms with Crippen LogP contribution in [0.5, 0.6) is 0 Å². The van der Waals surface area contributed by atoms with Crippen molar-refractivity contribution in [2.45, 2.75) is 44.2 Å². The number of hydrogen-bond acceptors (Lipinski definition) is 4. The summed E-state index contributed by atoms with van der Waals surface area (Å²) in [7, 11) is 1.36. The highest BCUT2D eigenvalue weighted by atomic mass is 16.7. The van der Waals surface area contributed by atoms with Crippen molar-refractivity contribution in [3.63, 3.8) is 0 Å². The zero-order chi connectivity index (χ0) is 10.7. The molecule has 0 aromatic carbocycles. The van der Waals surface area contributed by atoms with E-state index >= 15 is 0 Å². The molecule has 2 aliphatic rings. The van der Waals surface area contributed by atoms with Gasteiger partial charge in [-0.15, -0.1) is 0 Å². The van der Waals surface area contributed by atoms with Crippen LogP contribution in [0.1, 0.15) is 32.1 Å². The molecule has 0 radical (unpaired) electrons. The summed E-state index contributed by atoms with van der Waals surface area (Å²) in [5.41, 5.74) is 0. The van der Waals surface area contributed by atoms with Crippen molar-refractivity contribution >= 4 is 6.16 Å². The Morgan fingerprint density at radius 2 is 2.07 bits per heavy atom. The Balaban J connectivity index is 1.94. The second-order valence-corrected chi connectivity index (χ2v) is 4.41. The summed E-state index contributed by atoms with van der Waals surface area (Å²) < 4.78 is 9.86. The summed E-state index contributed by atoms with van der Waals surface area (Å²) >= 11 is 0. The van der Waals surface area contributed by atoms with Crippen LogP contribution in [0.15, 0.2) is 0 Å². The van der Waals surface area contributed by atoms with Crippen LogP contribution in [0.4, 0.5) is 4.79 Å². The van der Waals surface area contributed by atoms with Crippen molar-refractivity contribution in [3.8, 4) is 0 Å². The zero-order valence-corrected chi connectivity index (χ0v) is 9.20. The number of nitrogens with one attached hydrogen (secondary N) is 1. The molecule has 0 bridgehead atoms. The fourth-order valence-electron chi connectivity index (χ4n) is 2.80. The minimum absolute atomic E-state index is 0.0593. The third-order valence-electron chi connectivity index (χ3n) is 3.55. The first-order valence-corrected chi connectivity index (χ1v) is 5.79. The lowest BCUT2D eigenvalue weighted by atomic mass is 9.78. The standard InChI is InChI=1S/C11H19NO3/c1-14-11(13)15-10-6-7-12-9-5-3-2-4-8(9)10/h8-10,12H,2-7H2,1H3. The lowest BCUT2D eigenvalue weighted by Crippen LogP contribution is -2.51. The van der Waals surface area contributed by atoms with Crippen LogP contribution in [0, 0.1) is 5.92 Å². The second kappa shape index (κ2) is 4.84. The molecule has 3 unspecified atom stereocenters.